The van der Waals surface area contributed by atoms with Crippen LogP contribution in [0.4, 0.5) is 8.78 Å². The van der Waals surface area contributed by atoms with Gasteiger partial charge < -0.3 is 10.7 Å². The zero-order valence-corrected chi connectivity index (χ0v) is 15.0. The van der Waals surface area contributed by atoms with E-state index in [-0.39, 0.29) is 0 Å². The van der Waals surface area contributed by atoms with E-state index in [1.165, 1.54) is 23.3 Å². The molecule has 0 spiro atoms. The molecule has 0 fully saturated rings. The van der Waals surface area contributed by atoms with Gasteiger partial charge >= 0.3 is 0 Å². The van der Waals surface area contributed by atoms with Crippen LogP contribution in [0, 0.1) is 11.6 Å². The first kappa shape index (κ1) is 17.8. The van der Waals surface area contributed by atoms with Crippen molar-refractivity contribution in [2.24, 2.45) is 5.73 Å². The Bertz CT molecular complexity index is 934. The van der Waals surface area contributed by atoms with Gasteiger partial charge in [0.15, 0.2) is 0 Å². The normalized spacial score (nSPS) is 14.3. The summed E-state index contributed by atoms with van der Waals surface area (Å²) in [6.07, 6.45) is 1.70. The predicted octanol–water partition coefficient (Wildman–Crippen LogP) is 3.41. The molecule has 0 atom stereocenters. The molecule has 1 aromatic heterocycles. The Balaban J connectivity index is 1.47. The van der Waals surface area contributed by atoms with Crippen LogP contribution < -0.4 is 5.73 Å². The van der Waals surface area contributed by atoms with Crippen LogP contribution in [0.15, 0.2) is 42.5 Å². The Morgan fingerprint density at radius 3 is 2.59 bits per heavy atom. The maximum Gasteiger partial charge on any atom is 0.140 e. The van der Waals surface area contributed by atoms with Crippen molar-refractivity contribution >= 4 is 0 Å². The fourth-order valence-electron chi connectivity index (χ4n) is 3.53. The number of nitrogens with zero attached hydrogens (tertiary/aromatic N) is 2. The second-order valence-corrected chi connectivity index (χ2v) is 6.95. The van der Waals surface area contributed by atoms with E-state index in [2.05, 4.69) is 39.1 Å². The molecule has 0 saturated heterocycles. The number of imidazole rings is 1. The molecule has 27 heavy (non-hydrogen) atoms. The van der Waals surface area contributed by atoms with Crippen molar-refractivity contribution in [2.45, 2.75) is 25.9 Å². The summed E-state index contributed by atoms with van der Waals surface area (Å²) in [5.41, 5.74) is 10.4. The molecular formula is C21H22F2N4. The third kappa shape index (κ3) is 3.91. The third-order valence-electron chi connectivity index (χ3n) is 4.96. The standard InChI is InChI=1S/C21H22F2N4/c22-16-5-6-17(18(23)11-16)21-25-19-8-10-27(13-20(19)26-21)12-15-3-1-14(2-4-15)7-9-24/h1-6,11H,7-10,12-13,24H2,(H,25,26). The number of halogens is 2. The largest absolute Gasteiger partial charge is 0.340 e. The van der Waals surface area contributed by atoms with E-state index in [1.54, 1.807) is 0 Å². The average Bonchev–Trinajstić information content (AvgIpc) is 3.06. The Kier molecular flexibility index (Phi) is 5.01. The van der Waals surface area contributed by atoms with Crippen molar-refractivity contribution in [3.63, 3.8) is 0 Å². The molecule has 0 aliphatic carbocycles. The Morgan fingerprint density at radius 2 is 1.85 bits per heavy atom. The van der Waals surface area contributed by atoms with Crippen LogP contribution in [0.3, 0.4) is 0 Å². The van der Waals surface area contributed by atoms with E-state index in [4.69, 9.17) is 5.73 Å². The maximum atomic E-state index is 14.0. The van der Waals surface area contributed by atoms with Gasteiger partial charge in [-0.05, 0) is 36.2 Å². The van der Waals surface area contributed by atoms with Crippen LogP contribution in [-0.2, 0) is 25.9 Å². The fraction of sp³-hybridized carbons (Fsp3) is 0.286. The molecule has 1 aliphatic heterocycles. The molecule has 3 N–H and O–H groups in total. The molecule has 2 heterocycles. The molecule has 1 aliphatic rings. The van der Waals surface area contributed by atoms with Gasteiger partial charge in [-0.3, -0.25) is 4.90 Å². The molecule has 0 unspecified atom stereocenters. The molecule has 4 nitrogen and oxygen atoms in total. The number of aromatic amines is 1. The lowest BCUT2D eigenvalue weighted by Crippen LogP contribution is -2.30. The minimum Gasteiger partial charge on any atom is -0.340 e. The topological polar surface area (TPSA) is 57.9 Å². The summed E-state index contributed by atoms with van der Waals surface area (Å²) in [7, 11) is 0. The zero-order valence-electron chi connectivity index (χ0n) is 15.0. The summed E-state index contributed by atoms with van der Waals surface area (Å²) in [6.45, 7) is 3.14. The number of H-pyrrole nitrogens is 1. The predicted molar refractivity (Wildman–Crippen MR) is 101 cm³/mol. The molecule has 2 aromatic carbocycles. The first-order valence-corrected chi connectivity index (χ1v) is 9.16. The second-order valence-electron chi connectivity index (χ2n) is 6.95. The van der Waals surface area contributed by atoms with Crippen LogP contribution in [0.1, 0.15) is 22.5 Å². The molecule has 4 rings (SSSR count). The van der Waals surface area contributed by atoms with Crippen LogP contribution in [0.25, 0.3) is 11.4 Å². The number of hydrogen-bond donors (Lipinski definition) is 2. The van der Waals surface area contributed by atoms with E-state index in [9.17, 15) is 8.78 Å². The van der Waals surface area contributed by atoms with Gasteiger partial charge in [0, 0.05) is 32.1 Å². The van der Waals surface area contributed by atoms with Crippen molar-refractivity contribution in [2.75, 3.05) is 13.1 Å². The number of rotatable bonds is 5. The number of hydrogen-bond acceptors (Lipinski definition) is 3. The summed E-state index contributed by atoms with van der Waals surface area (Å²) in [5, 5.41) is 0. The highest BCUT2D eigenvalue weighted by Gasteiger charge is 2.21. The molecule has 3 aromatic rings. The Hall–Kier alpha value is -2.57. The highest BCUT2D eigenvalue weighted by atomic mass is 19.1. The molecular weight excluding hydrogens is 346 g/mol. The highest BCUT2D eigenvalue weighted by molar-refractivity contribution is 5.57. The minimum absolute atomic E-state index is 0.299. The average molecular weight is 368 g/mol. The van der Waals surface area contributed by atoms with Gasteiger partial charge in [-0.15, -0.1) is 0 Å². The molecule has 140 valence electrons. The quantitative estimate of drug-likeness (QED) is 0.726. The third-order valence-corrected chi connectivity index (χ3v) is 4.96. The van der Waals surface area contributed by atoms with Gasteiger partial charge in [-0.2, -0.15) is 0 Å². The summed E-state index contributed by atoms with van der Waals surface area (Å²) in [5.74, 6) is -0.725. The van der Waals surface area contributed by atoms with Crippen molar-refractivity contribution in [3.8, 4) is 11.4 Å². The molecule has 0 amide bonds. The first-order valence-electron chi connectivity index (χ1n) is 9.16. The molecule has 0 bridgehead atoms. The number of nitrogens with one attached hydrogen (secondary N) is 1. The van der Waals surface area contributed by atoms with Gasteiger partial charge in [-0.25, -0.2) is 13.8 Å². The van der Waals surface area contributed by atoms with E-state index < -0.39 is 11.6 Å². The molecule has 0 saturated carbocycles. The lowest BCUT2D eigenvalue weighted by molar-refractivity contribution is 0.241. The maximum absolute atomic E-state index is 14.0. The van der Waals surface area contributed by atoms with E-state index in [1.807, 2.05) is 0 Å². The monoisotopic (exact) mass is 368 g/mol. The number of fused-ring (bicyclic) bond motifs is 1. The van der Waals surface area contributed by atoms with Crippen LogP contribution >= 0.6 is 0 Å². The zero-order chi connectivity index (χ0) is 18.8. The van der Waals surface area contributed by atoms with Crippen molar-refractivity contribution < 1.29 is 8.78 Å². The SMILES string of the molecule is NCCc1ccc(CN2CCc3nc(-c4ccc(F)cc4F)[nH]c3C2)cc1. The van der Waals surface area contributed by atoms with Crippen LogP contribution in [0.2, 0.25) is 0 Å². The number of benzene rings is 2. The lowest BCUT2D eigenvalue weighted by Gasteiger charge is -2.26. The summed E-state index contributed by atoms with van der Waals surface area (Å²) in [6, 6.07) is 12.1. The van der Waals surface area contributed by atoms with Crippen molar-refractivity contribution in [3.05, 3.63) is 76.6 Å². The summed E-state index contributed by atoms with van der Waals surface area (Å²) < 4.78 is 27.2. The van der Waals surface area contributed by atoms with Gasteiger partial charge in [0.05, 0.1) is 17.0 Å². The molecule has 0 radical (unpaired) electrons. The van der Waals surface area contributed by atoms with Gasteiger partial charge in [-0.1, -0.05) is 24.3 Å². The fourth-order valence-corrected chi connectivity index (χ4v) is 3.53. The van der Waals surface area contributed by atoms with E-state index in [0.29, 0.717) is 17.9 Å². The van der Waals surface area contributed by atoms with Crippen molar-refractivity contribution in [1.29, 1.82) is 0 Å². The highest BCUT2D eigenvalue weighted by Crippen LogP contribution is 2.26. The number of nitrogens with two attached hydrogens (primary N) is 1. The summed E-state index contributed by atoms with van der Waals surface area (Å²) >= 11 is 0. The van der Waals surface area contributed by atoms with E-state index in [0.717, 1.165) is 49.9 Å². The van der Waals surface area contributed by atoms with Gasteiger partial charge in [0.1, 0.15) is 17.5 Å². The van der Waals surface area contributed by atoms with Gasteiger partial charge in [0.25, 0.3) is 0 Å². The lowest BCUT2D eigenvalue weighted by atomic mass is 10.1. The van der Waals surface area contributed by atoms with Gasteiger partial charge in [0.2, 0.25) is 0 Å². The van der Waals surface area contributed by atoms with Crippen LogP contribution in [0.5, 0.6) is 0 Å². The van der Waals surface area contributed by atoms with Crippen LogP contribution in [-0.4, -0.2) is 28.0 Å². The van der Waals surface area contributed by atoms with E-state index >= 15 is 0 Å². The smallest absolute Gasteiger partial charge is 0.140 e. The number of aromatic nitrogens is 2. The second kappa shape index (κ2) is 7.58. The minimum atomic E-state index is -0.601. The Labute approximate surface area is 157 Å². The molecule has 6 heteroatoms. The van der Waals surface area contributed by atoms with Crippen molar-refractivity contribution in [1.82, 2.24) is 14.9 Å². The summed E-state index contributed by atoms with van der Waals surface area (Å²) in [4.78, 5) is 10.1. The first-order chi connectivity index (χ1) is 13.1. The Morgan fingerprint density at radius 1 is 1.07 bits per heavy atom.